The van der Waals surface area contributed by atoms with Crippen LogP contribution in [0.5, 0.6) is 0 Å². The highest BCUT2D eigenvalue weighted by atomic mass is 16.3. The third kappa shape index (κ3) is 3.40. The van der Waals surface area contributed by atoms with Gasteiger partial charge in [-0.2, -0.15) is 5.10 Å². The van der Waals surface area contributed by atoms with Gasteiger partial charge in [0.05, 0.1) is 12.3 Å². The molecule has 27 heavy (non-hydrogen) atoms. The summed E-state index contributed by atoms with van der Waals surface area (Å²) < 4.78 is 1.77. The van der Waals surface area contributed by atoms with E-state index in [-0.39, 0.29) is 12.2 Å². The molecular formula is C21H20N4O2. The van der Waals surface area contributed by atoms with Gasteiger partial charge in [-0.3, -0.25) is 4.79 Å². The number of rotatable bonds is 6. The molecule has 0 aliphatic heterocycles. The second kappa shape index (κ2) is 7.57. The molecule has 6 heteroatoms. The molecule has 0 radical (unpaired) electrons. The average molecular weight is 360 g/mol. The minimum atomic E-state index is -0.162. The first-order valence-corrected chi connectivity index (χ1v) is 8.85. The van der Waals surface area contributed by atoms with Gasteiger partial charge in [0.25, 0.3) is 5.56 Å². The summed E-state index contributed by atoms with van der Waals surface area (Å²) in [6.45, 7) is 0.851. The van der Waals surface area contributed by atoms with Crippen molar-refractivity contribution in [1.29, 1.82) is 0 Å². The summed E-state index contributed by atoms with van der Waals surface area (Å²) in [5.74, 6) is 0. The summed E-state index contributed by atoms with van der Waals surface area (Å²) in [4.78, 5) is 15.5. The van der Waals surface area contributed by atoms with Crippen LogP contribution in [0.2, 0.25) is 0 Å². The topological polar surface area (TPSA) is 82.9 Å². The average Bonchev–Trinajstić information content (AvgIpc) is 3.08. The van der Waals surface area contributed by atoms with Crippen molar-refractivity contribution in [1.82, 2.24) is 20.1 Å². The lowest BCUT2D eigenvalue weighted by atomic mass is 10.1. The molecule has 0 spiro atoms. The van der Waals surface area contributed by atoms with Gasteiger partial charge in [-0.15, -0.1) is 0 Å². The van der Waals surface area contributed by atoms with Gasteiger partial charge in [0.15, 0.2) is 0 Å². The Labute approximate surface area is 156 Å². The molecule has 0 atom stereocenters. The van der Waals surface area contributed by atoms with Gasteiger partial charge in [-0.05, 0) is 18.2 Å². The fraction of sp³-hybridized carbons (Fsp3) is 0.143. The van der Waals surface area contributed by atoms with E-state index in [4.69, 9.17) is 10.2 Å². The Morgan fingerprint density at radius 3 is 2.44 bits per heavy atom. The van der Waals surface area contributed by atoms with E-state index in [9.17, 15) is 4.79 Å². The van der Waals surface area contributed by atoms with Crippen LogP contribution in [0.1, 0.15) is 5.56 Å². The van der Waals surface area contributed by atoms with Crippen molar-refractivity contribution in [2.75, 3.05) is 13.2 Å². The number of nitrogens with one attached hydrogen (secondary N) is 2. The summed E-state index contributed by atoms with van der Waals surface area (Å²) in [5.41, 5.74) is 3.79. The van der Waals surface area contributed by atoms with Crippen LogP contribution in [0.4, 0.5) is 0 Å². The number of pyridine rings is 1. The molecule has 0 unspecified atom stereocenters. The van der Waals surface area contributed by atoms with Crippen LogP contribution in [-0.4, -0.2) is 33.0 Å². The van der Waals surface area contributed by atoms with E-state index >= 15 is 0 Å². The Bertz CT molecular complexity index is 1100. The number of aliphatic hydroxyl groups is 1. The van der Waals surface area contributed by atoms with Gasteiger partial charge in [-0.1, -0.05) is 48.5 Å². The van der Waals surface area contributed by atoms with Crippen molar-refractivity contribution < 1.29 is 5.11 Å². The monoisotopic (exact) mass is 360 g/mol. The zero-order valence-electron chi connectivity index (χ0n) is 14.7. The summed E-state index contributed by atoms with van der Waals surface area (Å²) in [6.07, 6.45) is 0. The molecule has 0 amide bonds. The van der Waals surface area contributed by atoms with E-state index < -0.39 is 0 Å². The van der Waals surface area contributed by atoms with Gasteiger partial charge in [0, 0.05) is 29.6 Å². The molecule has 3 N–H and O–H groups in total. The number of H-pyrrole nitrogens is 1. The molecule has 136 valence electrons. The second-order valence-corrected chi connectivity index (χ2v) is 6.25. The van der Waals surface area contributed by atoms with Crippen LogP contribution in [0.25, 0.3) is 28.0 Å². The second-order valence-electron chi connectivity index (χ2n) is 6.25. The predicted octanol–water partition coefficient (Wildman–Crippen LogP) is 2.46. The number of nitrogens with zero attached hydrogens (tertiary/aromatic N) is 2. The molecule has 0 bridgehead atoms. The number of aromatic nitrogens is 3. The lowest BCUT2D eigenvalue weighted by Gasteiger charge is -2.05. The van der Waals surface area contributed by atoms with E-state index in [2.05, 4.69) is 10.3 Å². The SMILES string of the molecule is O=c1[nH]c2c(cc1CNCCO)c(-c1ccccc1)nn2-c1ccccc1. The molecule has 0 saturated heterocycles. The molecular weight excluding hydrogens is 340 g/mol. The third-order valence-corrected chi connectivity index (χ3v) is 4.42. The summed E-state index contributed by atoms with van der Waals surface area (Å²) >= 11 is 0. The highest BCUT2D eigenvalue weighted by molar-refractivity contribution is 5.92. The first kappa shape index (κ1) is 17.2. The van der Waals surface area contributed by atoms with E-state index in [0.29, 0.717) is 24.3 Å². The predicted molar refractivity (Wildman–Crippen MR) is 106 cm³/mol. The molecule has 0 fully saturated rings. The highest BCUT2D eigenvalue weighted by Crippen LogP contribution is 2.28. The van der Waals surface area contributed by atoms with Crippen molar-refractivity contribution in [3.63, 3.8) is 0 Å². The molecule has 0 saturated carbocycles. The zero-order chi connectivity index (χ0) is 18.6. The highest BCUT2D eigenvalue weighted by Gasteiger charge is 2.16. The van der Waals surface area contributed by atoms with Gasteiger partial charge in [-0.25, -0.2) is 4.68 Å². The summed E-state index contributed by atoms with van der Waals surface area (Å²) in [5, 5.41) is 17.7. The molecule has 2 heterocycles. The smallest absolute Gasteiger partial charge is 0.254 e. The van der Waals surface area contributed by atoms with Gasteiger partial charge < -0.3 is 15.4 Å². The van der Waals surface area contributed by atoms with E-state index in [1.807, 2.05) is 66.7 Å². The normalized spacial score (nSPS) is 11.1. The molecule has 0 aliphatic rings. The fourth-order valence-corrected chi connectivity index (χ4v) is 3.11. The quantitative estimate of drug-likeness (QED) is 0.461. The Kier molecular flexibility index (Phi) is 4.82. The number of fused-ring (bicyclic) bond motifs is 1. The van der Waals surface area contributed by atoms with Crippen molar-refractivity contribution in [3.8, 4) is 16.9 Å². The zero-order valence-corrected chi connectivity index (χ0v) is 14.7. The number of aromatic amines is 1. The van der Waals surface area contributed by atoms with Crippen molar-refractivity contribution >= 4 is 11.0 Å². The summed E-state index contributed by atoms with van der Waals surface area (Å²) in [6, 6.07) is 21.5. The van der Waals surface area contributed by atoms with Crippen LogP contribution in [0.3, 0.4) is 0 Å². The lowest BCUT2D eigenvalue weighted by molar-refractivity contribution is 0.292. The Morgan fingerprint density at radius 1 is 1.04 bits per heavy atom. The van der Waals surface area contributed by atoms with Gasteiger partial charge in [0.1, 0.15) is 11.3 Å². The molecule has 4 aromatic rings. The fourth-order valence-electron chi connectivity index (χ4n) is 3.11. The van der Waals surface area contributed by atoms with Crippen LogP contribution in [0.15, 0.2) is 71.5 Å². The summed E-state index contributed by atoms with van der Waals surface area (Å²) in [7, 11) is 0. The van der Waals surface area contributed by atoms with Crippen molar-refractivity contribution in [3.05, 3.63) is 82.6 Å². The van der Waals surface area contributed by atoms with Crippen LogP contribution < -0.4 is 10.9 Å². The Hall–Kier alpha value is -3.22. The lowest BCUT2D eigenvalue weighted by Crippen LogP contribution is -2.23. The minimum absolute atomic E-state index is 0.0291. The maximum absolute atomic E-state index is 12.6. The maximum Gasteiger partial charge on any atom is 0.254 e. The standard InChI is InChI=1S/C21H20N4O2/c26-12-11-22-14-16-13-18-19(15-7-3-1-4-8-15)24-25(20(18)23-21(16)27)17-9-5-2-6-10-17/h1-10,13,22,26H,11-12,14H2,(H,23,27). The molecule has 0 aliphatic carbocycles. The maximum atomic E-state index is 12.6. The molecule has 2 aromatic heterocycles. The number of hydrogen-bond donors (Lipinski definition) is 3. The Morgan fingerprint density at radius 2 is 1.74 bits per heavy atom. The molecule has 2 aromatic carbocycles. The van der Waals surface area contributed by atoms with Gasteiger partial charge in [0.2, 0.25) is 0 Å². The van der Waals surface area contributed by atoms with E-state index in [1.54, 1.807) is 4.68 Å². The minimum Gasteiger partial charge on any atom is -0.395 e. The number of aliphatic hydroxyl groups excluding tert-OH is 1. The first-order chi connectivity index (χ1) is 13.3. The van der Waals surface area contributed by atoms with E-state index in [1.165, 1.54) is 0 Å². The Balaban J connectivity index is 1.92. The van der Waals surface area contributed by atoms with Crippen molar-refractivity contribution in [2.24, 2.45) is 0 Å². The number of benzene rings is 2. The number of para-hydroxylation sites is 1. The van der Waals surface area contributed by atoms with E-state index in [0.717, 1.165) is 22.3 Å². The van der Waals surface area contributed by atoms with Crippen LogP contribution in [-0.2, 0) is 6.54 Å². The largest absolute Gasteiger partial charge is 0.395 e. The van der Waals surface area contributed by atoms with Crippen molar-refractivity contribution in [2.45, 2.75) is 6.54 Å². The molecule has 6 nitrogen and oxygen atoms in total. The van der Waals surface area contributed by atoms with Gasteiger partial charge >= 0.3 is 0 Å². The van der Waals surface area contributed by atoms with Crippen LogP contribution in [0, 0.1) is 0 Å². The van der Waals surface area contributed by atoms with Crippen LogP contribution >= 0.6 is 0 Å². The first-order valence-electron chi connectivity index (χ1n) is 8.85. The molecule has 4 rings (SSSR count). The number of hydrogen-bond acceptors (Lipinski definition) is 4. The third-order valence-electron chi connectivity index (χ3n) is 4.42.